The van der Waals surface area contributed by atoms with Crippen molar-refractivity contribution in [1.82, 2.24) is 10.3 Å². The number of ether oxygens (including phenoxy) is 1. The van der Waals surface area contributed by atoms with Crippen LogP contribution >= 0.6 is 11.3 Å². The zero-order valence-electron chi connectivity index (χ0n) is 17.1. The number of aromatic nitrogens is 1. The fourth-order valence-corrected chi connectivity index (χ4v) is 4.16. The lowest BCUT2D eigenvalue weighted by molar-refractivity contribution is -0.895. The molecular formula is C19H29ClN4O3S. The normalized spacial score (nSPS) is 10.6. The van der Waals surface area contributed by atoms with Gasteiger partial charge in [-0.05, 0) is 46.2 Å². The van der Waals surface area contributed by atoms with Crippen LogP contribution in [0.3, 0.4) is 0 Å². The first-order chi connectivity index (χ1) is 12.9. The maximum Gasteiger partial charge on any atom is 0.350 e. The van der Waals surface area contributed by atoms with E-state index in [9.17, 15) is 9.59 Å². The molecule has 2 heterocycles. The molecule has 0 aromatic carbocycles. The number of thiophene rings is 1. The van der Waals surface area contributed by atoms with Crippen LogP contribution in [0.2, 0.25) is 0 Å². The lowest BCUT2D eigenvalue weighted by atomic mass is 10.1. The van der Waals surface area contributed by atoms with Crippen LogP contribution < -0.4 is 27.9 Å². The van der Waals surface area contributed by atoms with Gasteiger partial charge in [-0.3, -0.25) is 0 Å². The maximum atomic E-state index is 12.4. The van der Waals surface area contributed by atoms with Gasteiger partial charge < -0.3 is 32.7 Å². The van der Waals surface area contributed by atoms with Crippen molar-refractivity contribution < 1.29 is 31.6 Å². The number of aryl methyl sites for hydroxylation is 2. The Morgan fingerprint density at radius 1 is 1.21 bits per heavy atom. The van der Waals surface area contributed by atoms with E-state index >= 15 is 0 Å². The molecule has 2 rings (SSSR count). The van der Waals surface area contributed by atoms with E-state index in [4.69, 9.17) is 4.74 Å². The smallest absolute Gasteiger partial charge is 0.350 e. The molecule has 2 aromatic heterocycles. The zero-order valence-corrected chi connectivity index (χ0v) is 18.6. The molecule has 0 saturated carbocycles. The van der Waals surface area contributed by atoms with Crippen molar-refractivity contribution >= 4 is 39.2 Å². The van der Waals surface area contributed by atoms with E-state index < -0.39 is 5.97 Å². The number of esters is 1. The number of quaternary nitrogens is 1. The lowest BCUT2D eigenvalue weighted by Gasteiger charge is -2.16. The third kappa shape index (κ3) is 5.80. The zero-order chi connectivity index (χ0) is 20.0. The molecule has 156 valence electrons. The minimum atomic E-state index is -0.444. The molecule has 0 aliphatic carbocycles. The molecule has 0 radical (unpaired) electrons. The van der Waals surface area contributed by atoms with Crippen LogP contribution in [0, 0.1) is 13.8 Å². The van der Waals surface area contributed by atoms with Gasteiger partial charge in [0.05, 0.1) is 38.5 Å². The molecule has 9 heteroatoms. The van der Waals surface area contributed by atoms with Crippen LogP contribution in [-0.2, 0) is 4.74 Å². The van der Waals surface area contributed by atoms with Crippen molar-refractivity contribution in [3.05, 3.63) is 22.2 Å². The Morgan fingerprint density at radius 3 is 2.50 bits per heavy atom. The summed E-state index contributed by atoms with van der Waals surface area (Å²) in [6, 6.07) is 1.61. The molecule has 28 heavy (non-hydrogen) atoms. The Balaban J connectivity index is 0.00000392. The quantitative estimate of drug-likeness (QED) is 0.478. The molecule has 0 bridgehead atoms. The minimum Gasteiger partial charge on any atom is -1.00 e. The molecule has 0 atom stereocenters. The van der Waals surface area contributed by atoms with Gasteiger partial charge in [0.15, 0.2) is 0 Å². The number of hydrogen-bond donors (Lipinski definition) is 3. The SMILES string of the molecule is CCOC(=O)c1sc2nc(C)cc(C)c2c1NC(=O)NCC[NH+](CC)CC.[Cl-]. The first kappa shape index (κ1) is 24.1. The molecule has 0 unspecified atom stereocenters. The van der Waals surface area contributed by atoms with Crippen LogP contribution in [0.5, 0.6) is 0 Å². The third-order valence-electron chi connectivity index (χ3n) is 4.45. The number of nitrogens with zero attached hydrogens (tertiary/aromatic N) is 1. The van der Waals surface area contributed by atoms with Crippen molar-refractivity contribution in [2.75, 3.05) is 38.1 Å². The largest absolute Gasteiger partial charge is 1.00 e. The number of anilines is 1. The van der Waals surface area contributed by atoms with Gasteiger partial charge in [0, 0.05) is 11.1 Å². The number of carbonyl (C=O) groups excluding carboxylic acids is 2. The summed E-state index contributed by atoms with van der Waals surface area (Å²) in [5, 5.41) is 6.52. The number of pyridine rings is 1. The first-order valence-electron chi connectivity index (χ1n) is 9.37. The maximum absolute atomic E-state index is 12.4. The minimum absolute atomic E-state index is 0. The van der Waals surface area contributed by atoms with Gasteiger partial charge in [0.2, 0.25) is 0 Å². The van der Waals surface area contributed by atoms with E-state index in [1.54, 1.807) is 6.92 Å². The Morgan fingerprint density at radius 2 is 1.89 bits per heavy atom. The van der Waals surface area contributed by atoms with Gasteiger partial charge in [-0.1, -0.05) is 0 Å². The first-order valence-corrected chi connectivity index (χ1v) is 10.2. The van der Waals surface area contributed by atoms with Gasteiger partial charge in [-0.2, -0.15) is 0 Å². The van der Waals surface area contributed by atoms with Crippen LogP contribution in [-0.4, -0.2) is 49.8 Å². The number of halogens is 1. The highest BCUT2D eigenvalue weighted by atomic mass is 35.5. The van der Waals surface area contributed by atoms with Crippen LogP contribution in [0.1, 0.15) is 41.7 Å². The second kappa shape index (κ2) is 11.2. The Kier molecular flexibility index (Phi) is 9.64. The molecule has 7 nitrogen and oxygen atoms in total. The summed E-state index contributed by atoms with van der Waals surface area (Å²) in [5.41, 5.74) is 2.31. The number of rotatable bonds is 8. The summed E-state index contributed by atoms with van der Waals surface area (Å²) in [5.74, 6) is -0.444. The van der Waals surface area contributed by atoms with E-state index in [1.165, 1.54) is 16.2 Å². The van der Waals surface area contributed by atoms with E-state index in [-0.39, 0.29) is 25.0 Å². The number of urea groups is 1. The molecule has 3 N–H and O–H groups in total. The molecule has 0 aliphatic heterocycles. The summed E-state index contributed by atoms with van der Waals surface area (Å²) in [4.78, 5) is 31.8. The predicted octanol–water partition coefficient (Wildman–Crippen LogP) is -0.860. The van der Waals surface area contributed by atoms with Crippen LogP contribution in [0.15, 0.2) is 6.07 Å². The average Bonchev–Trinajstić information content (AvgIpc) is 2.97. The van der Waals surface area contributed by atoms with Crippen molar-refractivity contribution in [3.63, 3.8) is 0 Å². The highest BCUT2D eigenvalue weighted by Crippen LogP contribution is 2.37. The van der Waals surface area contributed by atoms with Gasteiger partial charge in [-0.15, -0.1) is 11.3 Å². The van der Waals surface area contributed by atoms with Gasteiger partial charge in [0.25, 0.3) is 0 Å². The Bertz CT molecular complexity index is 821. The van der Waals surface area contributed by atoms with Crippen molar-refractivity contribution in [3.8, 4) is 0 Å². The average molecular weight is 429 g/mol. The van der Waals surface area contributed by atoms with Crippen molar-refractivity contribution in [2.45, 2.75) is 34.6 Å². The summed E-state index contributed by atoms with van der Waals surface area (Å²) >= 11 is 1.25. The third-order valence-corrected chi connectivity index (χ3v) is 5.51. The number of carbonyl (C=O) groups is 2. The van der Waals surface area contributed by atoms with E-state index in [2.05, 4.69) is 29.5 Å². The van der Waals surface area contributed by atoms with E-state index in [0.717, 1.165) is 41.1 Å². The molecule has 2 amide bonds. The molecule has 0 aliphatic rings. The summed E-state index contributed by atoms with van der Waals surface area (Å²) in [7, 11) is 0. The van der Waals surface area contributed by atoms with E-state index in [0.29, 0.717) is 17.1 Å². The number of likely N-dealkylation sites (N-methyl/N-ethyl adjacent to an activating group) is 1. The van der Waals surface area contributed by atoms with Gasteiger partial charge in [-0.25, -0.2) is 14.6 Å². The van der Waals surface area contributed by atoms with Crippen LogP contribution in [0.25, 0.3) is 10.2 Å². The van der Waals surface area contributed by atoms with Gasteiger partial charge in [0.1, 0.15) is 9.71 Å². The fourth-order valence-electron chi connectivity index (χ4n) is 3.02. The van der Waals surface area contributed by atoms with Crippen LogP contribution in [0.4, 0.5) is 10.5 Å². The highest BCUT2D eigenvalue weighted by Gasteiger charge is 2.23. The van der Waals surface area contributed by atoms with Crippen molar-refractivity contribution in [2.24, 2.45) is 0 Å². The second-order valence-corrected chi connectivity index (χ2v) is 7.37. The summed E-state index contributed by atoms with van der Waals surface area (Å²) < 4.78 is 5.16. The predicted molar refractivity (Wildman–Crippen MR) is 109 cm³/mol. The molecular weight excluding hydrogens is 400 g/mol. The number of hydrogen-bond acceptors (Lipinski definition) is 5. The number of amides is 2. The van der Waals surface area contributed by atoms with E-state index in [1.807, 2.05) is 19.9 Å². The highest BCUT2D eigenvalue weighted by molar-refractivity contribution is 7.21. The lowest BCUT2D eigenvalue weighted by Crippen LogP contribution is -3.12. The Hall–Kier alpha value is -1.90. The standard InChI is InChI=1S/C19H28N4O3S.ClH/c1-6-23(7-2)10-9-20-19(25)22-15-14-12(4)11-13(5)21-17(14)27-16(15)18(24)26-8-3;/h11H,6-10H2,1-5H3,(H2,20,22,25);1H. The fraction of sp³-hybridized carbons (Fsp3) is 0.526. The topological polar surface area (TPSA) is 84.8 Å². The summed E-state index contributed by atoms with van der Waals surface area (Å²) in [6.45, 7) is 13.6. The monoisotopic (exact) mass is 428 g/mol. The molecule has 0 spiro atoms. The molecule has 0 fully saturated rings. The number of fused-ring (bicyclic) bond motifs is 1. The summed E-state index contributed by atoms with van der Waals surface area (Å²) in [6.07, 6.45) is 0. The van der Waals surface area contributed by atoms with Gasteiger partial charge >= 0.3 is 12.0 Å². The molecule has 0 saturated heterocycles. The number of nitrogens with one attached hydrogen (secondary N) is 3. The van der Waals surface area contributed by atoms with Crippen molar-refractivity contribution in [1.29, 1.82) is 0 Å². The Labute approximate surface area is 176 Å². The second-order valence-electron chi connectivity index (χ2n) is 6.38. The molecule has 2 aromatic rings.